The van der Waals surface area contributed by atoms with Gasteiger partial charge in [0.2, 0.25) is 0 Å². The van der Waals surface area contributed by atoms with Gasteiger partial charge >= 0.3 is 0 Å². The summed E-state index contributed by atoms with van der Waals surface area (Å²) in [5.41, 5.74) is 0.935. The van der Waals surface area contributed by atoms with Crippen LogP contribution in [0.5, 0.6) is 11.5 Å². The molecule has 10 heteroatoms. The van der Waals surface area contributed by atoms with Crippen molar-refractivity contribution in [3.05, 3.63) is 80.8 Å². The molecule has 0 aliphatic heterocycles. The molecule has 34 heavy (non-hydrogen) atoms. The molecule has 0 bridgehead atoms. The van der Waals surface area contributed by atoms with Gasteiger partial charge in [-0.3, -0.25) is 9.59 Å². The number of carbonyl (C=O) groups excluding carboxylic acids is 2. The quantitative estimate of drug-likeness (QED) is 0.318. The number of anilines is 2. The fourth-order valence-electron chi connectivity index (χ4n) is 2.79. The van der Waals surface area contributed by atoms with E-state index in [0.29, 0.717) is 43.0 Å². The molecule has 3 rings (SSSR count). The number of amides is 2. The van der Waals surface area contributed by atoms with E-state index in [1.165, 1.54) is 12.1 Å². The lowest BCUT2D eigenvalue weighted by Gasteiger charge is -2.17. The number of halogens is 4. The first-order valence-corrected chi connectivity index (χ1v) is 11.6. The standard InChI is InChI=1S/C24H20Cl4N2O4/c1-13(33-21-8-6-15(25)10-19(21)27)23(31)29-17-4-3-5-18(12-17)30-24(32)14(2)34-22-9-7-16(26)11-20(22)28/h3-14H,1-2H3,(H,29,31)(H,30,32)/t13-,14-/m1/s1. The van der Waals surface area contributed by atoms with E-state index in [1.54, 1.807) is 62.4 Å². The molecule has 0 saturated heterocycles. The van der Waals surface area contributed by atoms with E-state index in [2.05, 4.69) is 10.6 Å². The Bertz CT molecular complexity index is 1120. The largest absolute Gasteiger partial charge is 0.479 e. The molecule has 2 N–H and O–H groups in total. The first-order chi connectivity index (χ1) is 16.1. The first-order valence-electron chi connectivity index (χ1n) is 10.1. The Balaban J connectivity index is 1.59. The highest BCUT2D eigenvalue weighted by molar-refractivity contribution is 6.36. The van der Waals surface area contributed by atoms with Crippen LogP contribution >= 0.6 is 46.4 Å². The third kappa shape index (κ3) is 7.18. The van der Waals surface area contributed by atoms with E-state index in [4.69, 9.17) is 55.9 Å². The molecule has 0 aliphatic carbocycles. The van der Waals surface area contributed by atoms with E-state index < -0.39 is 24.0 Å². The Labute approximate surface area is 217 Å². The fraction of sp³-hybridized carbons (Fsp3) is 0.167. The number of carbonyl (C=O) groups is 2. The summed E-state index contributed by atoms with van der Waals surface area (Å²) in [6.07, 6.45) is -1.68. The van der Waals surface area contributed by atoms with Crippen molar-refractivity contribution in [1.82, 2.24) is 0 Å². The van der Waals surface area contributed by atoms with Gasteiger partial charge in [0.25, 0.3) is 11.8 Å². The summed E-state index contributed by atoms with van der Waals surface area (Å²) in [7, 11) is 0. The average Bonchev–Trinajstić information content (AvgIpc) is 2.77. The molecule has 0 spiro atoms. The second-order valence-corrected chi connectivity index (χ2v) is 8.92. The maximum atomic E-state index is 12.6. The molecule has 6 nitrogen and oxygen atoms in total. The Morgan fingerprint density at radius 3 is 1.47 bits per heavy atom. The van der Waals surface area contributed by atoms with Crippen LogP contribution in [0, 0.1) is 0 Å². The summed E-state index contributed by atoms with van der Waals surface area (Å²) >= 11 is 23.9. The van der Waals surface area contributed by atoms with Crippen LogP contribution in [0.3, 0.4) is 0 Å². The Kier molecular flexibility index (Phi) is 8.91. The van der Waals surface area contributed by atoms with Gasteiger partial charge in [-0.1, -0.05) is 52.5 Å². The Morgan fingerprint density at radius 1 is 0.676 bits per heavy atom. The topological polar surface area (TPSA) is 76.7 Å². The van der Waals surface area contributed by atoms with Gasteiger partial charge in [0.1, 0.15) is 11.5 Å². The van der Waals surface area contributed by atoms with E-state index in [1.807, 2.05) is 0 Å². The van der Waals surface area contributed by atoms with Crippen molar-refractivity contribution in [3.63, 3.8) is 0 Å². The van der Waals surface area contributed by atoms with Gasteiger partial charge < -0.3 is 20.1 Å². The normalized spacial score (nSPS) is 12.4. The minimum absolute atomic E-state index is 0.299. The molecule has 0 radical (unpaired) electrons. The zero-order valence-corrected chi connectivity index (χ0v) is 21.1. The highest BCUT2D eigenvalue weighted by Gasteiger charge is 2.19. The molecule has 0 saturated carbocycles. The van der Waals surface area contributed by atoms with Gasteiger partial charge in [-0.05, 0) is 68.4 Å². The first kappa shape index (κ1) is 26.0. The number of rotatable bonds is 8. The number of hydrogen-bond donors (Lipinski definition) is 2. The lowest BCUT2D eigenvalue weighted by molar-refractivity contribution is -0.122. The summed E-state index contributed by atoms with van der Waals surface area (Å²) in [4.78, 5) is 25.1. The van der Waals surface area contributed by atoms with Crippen LogP contribution in [-0.2, 0) is 9.59 Å². The van der Waals surface area contributed by atoms with Crippen molar-refractivity contribution >= 4 is 69.6 Å². The molecule has 3 aromatic carbocycles. The molecular weight excluding hydrogens is 522 g/mol. The number of hydrogen-bond acceptors (Lipinski definition) is 4. The van der Waals surface area contributed by atoms with Gasteiger partial charge in [-0.25, -0.2) is 0 Å². The van der Waals surface area contributed by atoms with E-state index in [-0.39, 0.29) is 0 Å². The zero-order chi connectivity index (χ0) is 24.8. The van der Waals surface area contributed by atoms with Crippen molar-refractivity contribution < 1.29 is 19.1 Å². The number of nitrogens with one attached hydrogen (secondary N) is 2. The average molecular weight is 542 g/mol. The molecule has 0 aliphatic rings. The summed E-state index contributed by atoms with van der Waals surface area (Å²) < 4.78 is 11.3. The third-order valence-corrected chi connectivity index (χ3v) is 5.59. The molecular formula is C24H20Cl4N2O4. The van der Waals surface area contributed by atoms with Crippen molar-refractivity contribution in [2.24, 2.45) is 0 Å². The molecule has 178 valence electrons. The second kappa shape index (κ2) is 11.7. The zero-order valence-electron chi connectivity index (χ0n) is 18.1. The van der Waals surface area contributed by atoms with Crippen molar-refractivity contribution in [1.29, 1.82) is 0 Å². The highest BCUT2D eigenvalue weighted by atomic mass is 35.5. The van der Waals surface area contributed by atoms with Crippen LogP contribution in [0.4, 0.5) is 11.4 Å². The molecule has 0 aromatic heterocycles. The molecule has 2 amide bonds. The maximum Gasteiger partial charge on any atom is 0.265 e. The second-order valence-electron chi connectivity index (χ2n) is 7.23. The smallest absolute Gasteiger partial charge is 0.265 e. The van der Waals surface area contributed by atoms with Crippen LogP contribution in [0.1, 0.15) is 13.8 Å². The lowest BCUT2D eigenvalue weighted by atomic mass is 10.2. The summed E-state index contributed by atoms with van der Waals surface area (Å²) in [6.45, 7) is 3.18. The van der Waals surface area contributed by atoms with E-state index in [0.717, 1.165) is 0 Å². The van der Waals surface area contributed by atoms with Crippen LogP contribution in [-0.4, -0.2) is 24.0 Å². The Morgan fingerprint density at radius 2 is 1.09 bits per heavy atom. The molecule has 0 fully saturated rings. The van der Waals surface area contributed by atoms with Gasteiger partial charge in [-0.2, -0.15) is 0 Å². The third-order valence-electron chi connectivity index (χ3n) is 4.53. The van der Waals surface area contributed by atoms with Crippen molar-refractivity contribution in [2.45, 2.75) is 26.1 Å². The van der Waals surface area contributed by atoms with Gasteiger partial charge in [-0.15, -0.1) is 0 Å². The van der Waals surface area contributed by atoms with E-state index in [9.17, 15) is 9.59 Å². The van der Waals surface area contributed by atoms with Gasteiger partial charge in [0, 0.05) is 21.4 Å². The van der Waals surface area contributed by atoms with Gasteiger partial charge in [0.05, 0.1) is 10.0 Å². The molecule has 0 unspecified atom stereocenters. The number of benzene rings is 3. The summed E-state index contributed by atoms with van der Waals surface area (Å²) in [5, 5.41) is 7.01. The predicted molar refractivity (Wildman–Crippen MR) is 137 cm³/mol. The summed E-state index contributed by atoms with van der Waals surface area (Å²) in [5.74, 6) is -0.124. The highest BCUT2D eigenvalue weighted by Crippen LogP contribution is 2.29. The monoisotopic (exact) mass is 540 g/mol. The Hall–Kier alpha value is -2.64. The lowest BCUT2D eigenvalue weighted by Crippen LogP contribution is -2.31. The fourth-order valence-corrected chi connectivity index (χ4v) is 3.70. The molecule has 3 aromatic rings. The summed E-state index contributed by atoms with van der Waals surface area (Å²) in [6, 6.07) is 16.1. The minimum atomic E-state index is -0.838. The molecule has 0 heterocycles. The maximum absolute atomic E-state index is 12.6. The van der Waals surface area contributed by atoms with Crippen LogP contribution in [0.2, 0.25) is 20.1 Å². The number of ether oxygens (including phenoxy) is 2. The van der Waals surface area contributed by atoms with Crippen LogP contribution < -0.4 is 20.1 Å². The minimum Gasteiger partial charge on any atom is -0.479 e. The van der Waals surface area contributed by atoms with Crippen molar-refractivity contribution in [3.8, 4) is 11.5 Å². The van der Waals surface area contributed by atoms with Crippen LogP contribution in [0.25, 0.3) is 0 Å². The van der Waals surface area contributed by atoms with Crippen LogP contribution in [0.15, 0.2) is 60.7 Å². The SMILES string of the molecule is C[C@@H](Oc1ccc(Cl)cc1Cl)C(=O)Nc1cccc(NC(=O)[C@@H](C)Oc2ccc(Cl)cc2Cl)c1. The predicted octanol–water partition coefficient (Wildman–Crippen LogP) is 7.11. The van der Waals surface area contributed by atoms with Gasteiger partial charge in [0.15, 0.2) is 12.2 Å². The molecule has 2 atom stereocenters. The van der Waals surface area contributed by atoms with E-state index >= 15 is 0 Å². The van der Waals surface area contributed by atoms with Crippen molar-refractivity contribution in [2.75, 3.05) is 10.6 Å².